The molecular weight excluding hydrogens is 436 g/mol. The standard InChI is InChI=1S/C29H32N4O2/c34-20-21-13-17-33(18-14-21)29(35)28(19-23-6-5-22-3-1-2-4-27(22)23)32-25-9-7-24(8-10-25)31-26-11-15-30-16-12-26/h1-4,6-12,15-16,21,28,32,34H,5,13-14,17-20H2,(H,30,31). The van der Waals surface area contributed by atoms with Gasteiger partial charge in [0.25, 0.3) is 0 Å². The first kappa shape index (κ1) is 23.1. The minimum absolute atomic E-state index is 0.130. The van der Waals surface area contributed by atoms with E-state index in [9.17, 15) is 9.90 Å². The number of hydrogen-bond donors (Lipinski definition) is 3. The number of benzene rings is 2. The lowest BCUT2D eigenvalue weighted by atomic mass is 9.95. The Labute approximate surface area is 206 Å². The molecule has 1 amide bonds. The fourth-order valence-electron chi connectivity index (χ4n) is 4.98. The van der Waals surface area contributed by atoms with Gasteiger partial charge in [-0.1, -0.05) is 30.3 Å². The number of allylic oxidation sites excluding steroid dienone is 1. The third-order valence-electron chi connectivity index (χ3n) is 7.03. The maximum absolute atomic E-state index is 13.7. The molecule has 6 heteroatoms. The van der Waals surface area contributed by atoms with E-state index in [4.69, 9.17) is 0 Å². The summed E-state index contributed by atoms with van der Waals surface area (Å²) in [4.78, 5) is 19.7. The molecule has 0 radical (unpaired) electrons. The molecule has 1 aliphatic heterocycles. The van der Waals surface area contributed by atoms with E-state index in [1.807, 2.05) is 41.3 Å². The van der Waals surface area contributed by atoms with Gasteiger partial charge < -0.3 is 20.6 Å². The first-order chi connectivity index (χ1) is 17.2. The Morgan fingerprint density at radius 1 is 0.971 bits per heavy atom. The van der Waals surface area contributed by atoms with Crippen LogP contribution in [0.2, 0.25) is 0 Å². The Morgan fingerprint density at radius 3 is 2.40 bits per heavy atom. The van der Waals surface area contributed by atoms with Crippen molar-refractivity contribution in [3.63, 3.8) is 0 Å². The Morgan fingerprint density at radius 2 is 1.66 bits per heavy atom. The summed E-state index contributed by atoms with van der Waals surface area (Å²) in [5, 5.41) is 16.4. The van der Waals surface area contributed by atoms with Gasteiger partial charge in [-0.2, -0.15) is 0 Å². The molecule has 0 saturated carbocycles. The van der Waals surface area contributed by atoms with Crippen LogP contribution < -0.4 is 10.6 Å². The van der Waals surface area contributed by atoms with Gasteiger partial charge in [0.15, 0.2) is 0 Å². The van der Waals surface area contributed by atoms with Crippen LogP contribution in [0.5, 0.6) is 0 Å². The first-order valence-electron chi connectivity index (χ1n) is 12.4. The lowest BCUT2D eigenvalue weighted by Crippen LogP contribution is -2.47. The number of aromatic nitrogens is 1. The number of piperidine rings is 1. The number of carbonyl (C=O) groups excluding carboxylic acids is 1. The molecule has 2 aromatic carbocycles. The number of aliphatic hydroxyl groups excluding tert-OH is 1. The summed E-state index contributed by atoms with van der Waals surface area (Å²) in [6.07, 6.45) is 9.05. The first-order valence-corrected chi connectivity index (χ1v) is 12.4. The SMILES string of the molecule is O=C(C(CC1=CCc2ccccc21)Nc1ccc(Nc2ccncc2)cc1)N1CCC(CO)CC1. The minimum Gasteiger partial charge on any atom is -0.396 e. The van der Waals surface area contributed by atoms with Crippen LogP contribution in [-0.4, -0.2) is 46.6 Å². The highest BCUT2D eigenvalue weighted by atomic mass is 16.3. The van der Waals surface area contributed by atoms with Crippen molar-refractivity contribution >= 4 is 28.5 Å². The van der Waals surface area contributed by atoms with Gasteiger partial charge in [0, 0.05) is 55.6 Å². The van der Waals surface area contributed by atoms with E-state index in [2.05, 4.69) is 46.0 Å². The molecule has 6 nitrogen and oxygen atoms in total. The van der Waals surface area contributed by atoms with Crippen LogP contribution in [0.3, 0.4) is 0 Å². The van der Waals surface area contributed by atoms with Crippen molar-refractivity contribution in [3.05, 3.63) is 90.3 Å². The van der Waals surface area contributed by atoms with Gasteiger partial charge in [-0.15, -0.1) is 0 Å². The van der Waals surface area contributed by atoms with Gasteiger partial charge in [0.2, 0.25) is 5.91 Å². The third kappa shape index (κ3) is 5.54. The number of hydrogen-bond acceptors (Lipinski definition) is 5. The van der Waals surface area contributed by atoms with Gasteiger partial charge in [0.1, 0.15) is 6.04 Å². The molecule has 3 N–H and O–H groups in total. The second-order valence-electron chi connectivity index (χ2n) is 9.38. The van der Waals surface area contributed by atoms with Crippen molar-refractivity contribution in [2.45, 2.75) is 31.7 Å². The van der Waals surface area contributed by atoms with E-state index >= 15 is 0 Å². The molecule has 5 rings (SSSR count). The topological polar surface area (TPSA) is 77.5 Å². The third-order valence-corrected chi connectivity index (χ3v) is 7.03. The molecule has 0 spiro atoms. The summed E-state index contributed by atoms with van der Waals surface area (Å²) < 4.78 is 0. The molecule has 1 saturated heterocycles. The number of rotatable bonds is 8. The molecule has 1 fully saturated rings. The van der Waals surface area contributed by atoms with Crippen LogP contribution in [0, 0.1) is 5.92 Å². The molecule has 1 aromatic heterocycles. The minimum atomic E-state index is -0.350. The molecule has 180 valence electrons. The zero-order chi connectivity index (χ0) is 24.0. The number of pyridine rings is 1. The van der Waals surface area contributed by atoms with Crippen LogP contribution in [0.1, 0.15) is 30.4 Å². The van der Waals surface area contributed by atoms with E-state index in [0.717, 1.165) is 36.3 Å². The average molecular weight is 469 g/mol. The summed E-state index contributed by atoms with van der Waals surface area (Å²) in [6, 6.07) is 20.0. The normalized spacial score (nSPS) is 16.4. The van der Waals surface area contributed by atoms with Crippen molar-refractivity contribution in [2.24, 2.45) is 5.92 Å². The monoisotopic (exact) mass is 468 g/mol. The highest BCUT2D eigenvalue weighted by Crippen LogP contribution is 2.32. The van der Waals surface area contributed by atoms with E-state index in [1.165, 1.54) is 16.7 Å². The van der Waals surface area contributed by atoms with Gasteiger partial charge >= 0.3 is 0 Å². The summed E-state index contributed by atoms with van der Waals surface area (Å²) in [5.74, 6) is 0.431. The zero-order valence-electron chi connectivity index (χ0n) is 19.9. The van der Waals surface area contributed by atoms with E-state index in [0.29, 0.717) is 25.4 Å². The maximum atomic E-state index is 13.7. The fraction of sp³-hybridized carbons (Fsp3) is 0.310. The average Bonchev–Trinajstić information content (AvgIpc) is 3.32. The van der Waals surface area contributed by atoms with Crippen LogP contribution >= 0.6 is 0 Å². The number of nitrogens with one attached hydrogen (secondary N) is 2. The molecular formula is C29H32N4O2. The van der Waals surface area contributed by atoms with Crippen LogP contribution in [-0.2, 0) is 11.2 Å². The number of carbonyl (C=O) groups is 1. The fourth-order valence-corrected chi connectivity index (χ4v) is 4.98. The molecule has 1 atom stereocenters. The van der Waals surface area contributed by atoms with Gasteiger partial charge in [-0.3, -0.25) is 9.78 Å². The number of nitrogens with zero attached hydrogens (tertiary/aromatic N) is 2. The second kappa shape index (κ2) is 10.7. The number of anilines is 3. The number of aliphatic hydroxyl groups is 1. The van der Waals surface area contributed by atoms with Gasteiger partial charge in [0.05, 0.1) is 0 Å². The number of likely N-dealkylation sites (tertiary alicyclic amines) is 1. The molecule has 1 unspecified atom stereocenters. The Balaban J connectivity index is 1.31. The van der Waals surface area contributed by atoms with Crippen molar-refractivity contribution in [1.29, 1.82) is 0 Å². The summed E-state index contributed by atoms with van der Waals surface area (Å²) >= 11 is 0. The van der Waals surface area contributed by atoms with Gasteiger partial charge in [-0.25, -0.2) is 0 Å². The number of fused-ring (bicyclic) bond motifs is 1. The molecule has 2 aliphatic rings. The Bertz CT molecular complexity index is 1170. The van der Waals surface area contributed by atoms with Crippen molar-refractivity contribution in [2.75, 3.05) is 30.3 Å². The molecule has 1 aliphatic carbocycles. The van der Waals surface area contributed by atoms with E-state index in [1.54, 1.807) is 12.4 Å². The van der Waals surface area contributed by atoms with Crippen LogP contribution in [0.25, 0.3) is 5.57 Å². The van der Waals surface area contributed by atoms with Crippen molar-refractivity contribution < 1.29 is 9.90 Å². The summed E-state index contributed by atoms with van der Waals surface area (Å²) in [5.41, 5.74) is 6.68. The van der Waals surface area contributed by atoms with Crippen LogP contribution in [0.15, 0.2) is 79.1 Å². The zero-order valence-corrected chi connectivity index (χ0v) is 19.9. The van der Waals surface area contributed by atoms with Gasteiger partial charge in [-0.05, 0) is 78.3 Å². The Hall–Kier alpha value is -3.64. The Kier molecular flexibility index (Phi) is 7.09. The lowest BCUT2D eigenvalue weighted by molar-refractivity contribution is -0.133. The lowest BCUT2D eigenvalue weighted by Gasteiger charge is -2.34. The van der Waals surface area contributed by atoms with Crippen LogP contribution in [0.4, 0.5) is 17.1 Å². The largest absolute Gasteiger partial charge is 0.396 e. The number of amides is 1. The smallest absolute Gasteiger partial charge is 0.245 e. The highest BCUT2D eigenvalue weighted by Gasteiger charge is 2.30. The molecule has 3 aromatic rings. The maximum Gasteiger partial charge on any atom is 0.245 e. The second-order valence-corrected chi connectivity index (χ2v) is 9.38. The highest BCUT2D eigenvalue weighted by molar-refractivity contribution is 5.88. The van der Waals surface area contributed by atoms with E-state index < -0.39 is 0 Å². The predicted molar refractivity (Wildman–Crippen MR) is 141 cm³/mol. The molecule has 35 heavy (non-hydrogen) atoms. The van der Waals surface area contributed by atoms with Crippen molar-refractivity contribution in [3.8, 4) is 0 Å². The predicted octanol–water partition coefficient (Wildman–Crippen LogP) is 4.87. The summed E-state index contributed by atoms with van der Waals surface area (Å²) in [7, 11) is 0. The quantitative estimate of drug-likeness (QED) is 0.440. The molecule has 2 heterocycles. The van der Waals surface area contributed by atoms with E-state index in [-0.39, 0.29) is 18.6 Å². The summed E-state index contributed by atoms with van der Waals surface area (Å²) in [6.45, 7) is 1.60. The van der Waals surface area contributed by atoms with Crippen molar-refractivity contribution in [1.82, 2.24) is 9.88 Å². The molecule has 0 bridgehead atoms.